The molecule has 1 atom stereocenters. The summed E-state index contributed by atoms with van der Waals surface area (Å²) in [6.07, 6.45) is 0. The third kappa shape index (κ3) is 3.46. The van der Waals surface area contributed by atoms with E-state index in [1.165, 1.54) is 16.2 Å². The van der Waals surface area contributed by atoms with Gasteiger partial charge in [0, 0.05) is 5.39 Å². The van der Waals surface area contributed by atoms with Crippen LogP contribution in [0.2, 0.25) is 0 Å². The third-order valence-electron chi connectivity index (χ3n) is 6.27. The largest absolute Gasteiger partial charge is 0.503 e. The number of rotatable bonds is 5. The molecule has 6 rings (SSSR count). The van der Waals surface area contributed by atoms with Crippen LogP contribution >= 0.6 is 11.3 Å². The number of para-hydroxylation sites is 1. The van der Waals surface area contributed by atoms with Crippen molar-refractivity contribution >= 4 is 49.3 Å². The Hall–Kier alpha value is -4.43. The molecule has 5 aromatic rings. The van der Waals surface area contributed by atoms with E-state index in [1.54, 1.807) is 43.5 Å². The van der Waals surface area contributed by atoms with Gasteiger partial charge in [0.15, 0.2) is 16.7 Å². The minimum absolute atomic E-state index is 0.0471. The van der Waals surface area contributed by atoms with Gasteiger partial charge in [-0.25, -0.2) is 4.98 Å². The maximum absolute atomic E-state index is 13.7. The number of anilines is 1. The number of hydrogen-bond donors (Lipinski definition) is 1. The number of nitrogens with zero attached hydrogens (tertiary/aromatic N) is 2. The fourth-order valence-electron chi connectivity index (χ4n) is 4.49. The summed E-state index contributed by atoms with van der Waals surface area (Å²) >= 11 is 1.33. The second-order valence-electron chi connectivity index (χ2n) is 8.56. The highest BCUT2D eigenvalue weighted by Gasteiger charge is 2.46. The molecule has 0 bridgehead atoms. The average molecular weight is 497 g/mol. The molecule has 3 aromatic carbocycles. The topological polar surface area (TPSA) is 92.9 Å². The maximum atomic E-state index is 13.7. The Morgan fingerprint density at radius 2 is 1.86 bits per heavy atom. The van der Waals surface area contributed by atoms with E-state index in [0.29, 0.717) is 22.0 Å². The number of carbonyl (C=O) groups is 2. The van der Waals surface area contributed by atoms with E-state index in [2.05, 4.69) is 4.98 Å². The highest BCUT2D eigenvalue weighted by molar-refractivity contribution is 7.22. The molecule has 0 saturated carbocycles. The van der Waals surface area contributed by atoms with Crippen molar-refractivity contribution in [2.75, 3.05) is 12.0 Å². The number of carbonyl (C=O) groups excluding carboxylic acids is 2. The van der Waals surface area contributed by atoms with Crippen molar-refractivity contribution in [1.82, 2.24) is 4.98 Å². The van der Waals surface area contributed by atoms with Gasteiger partial charge in [-0.05, 0) is 54.4 Å². The van der Waals surface area contributed by atoms with Crippen LogP contribution < -0.4 is 9.64 Å². The second-order valence-corrected chi connectivity index (χ2v) is 9.57. The van der Waals surface area contributed by atoms with Crippen LogP contribution in [-0.2, 0) is 4.79 Å². The Labute approximate surface area is 209 Å². The number of aromatic nitrogens is 1. The minimum atomic E-state index is -0.897. The first kappa shape index (κ1) is 22.1. The fourth-order valence-corrected chi connectivity index (χ4v) is 5.58. The number of Topliss-reactive ketones (excluding diaryl/α,β-unsaturated/α-hetero) is 1. The van der Waals surface area contributed by atoms with Gasteiger partial charge >= 0.3 is 0 Å². The molecular formula is C28H20N2O5S. The van der Waals surface area contributed by atoms with Crippen molar-refractivity contribution in [3.05, 3.63) is 101 Å². The van der Waals surface area contributed by atoms with Crippen LogP contribution in [0.3, 0.4) is 0 Å². The number of furan rings is 1. The van der Waals surface area contributed by atoms with Gasteiger partial charge < -0.3 is 14.3 Å². The Kier molecular flexibility index (Phi) is 5.12. The van der Waals surface area contributed by atoms with E-state index in [1.807, 2.05) is 43.3 Å². The molecule has 0 saturated heterocycles. The van der Waals surface area contributed by atoms with Crippen LogP contribution in [0.1, 0.15) is 27.7 Å². The standard InChI is InChI=1S/C28H20N2O5S/c1-15-7-12-19-22(13-15)36-28(29-19)30-24(16-8-10-18(34-2)11-9-16)23(26(32)27(30)33)25(31)21-14-17-5-3-4-6-20(17)35-21/h3-14,24,32H,1-2H3/t24-/m0/s1. The zero-order valence-corrected chi connectivity index (χ0v) is 20.2. The molecule has 1 aliphatic heterocycles. The molecule has 1 aliphatic rings. The summed E-state index contributed by atoms with van der Waals surface area (Å²) in [5.41, 5.74) is 2.92. The number of benzene rings is 3. The van der Waals surface area contributed by atoms with Crippen molar-refractivity contribution in [1.29, 1.82) is 0 Å². The first-order chi connectivity index (χ1) is 17.4. The van der Waals surface area contributed by atoms with Crippen LogP contribution in [0.4, 0.5) is 5.13 Å². The minimum Gasteiger partial charge on any atom is -0.503 e. The van der Waals surface area contributed by atoms with Gasteiger partial charge in [-0.1, -0.05) is 47.7 Å². The van der Waals surface area contributed by atoms with E-state index >= 15 is 0 Å². The summed E-state index contributed by atoms with van der Waals surface area (Å²) in [4.78, 5) is 33.2. The zero-order chi connectivity index (χ0) is 25.0. The van der Waals surface area contributed by atoms with Crippen molar-refractivity contribution in [2.24, 2.45) is 0 Å². The summed E-state index contributed by atoms with van der Waals surface area (Å²) in [7, 11) is 1.56. The molecule has 7 nitrogen and oxygen atoms in total. The molecule has 1 amide bonds. The number of aryl methyl sites for hydroxylation is 1. The van der Waals surface area contributed by atoms with Gasteiger partial charge in [-0.15, -0.1) is 0 Å². The number of ether oxygens (including phenoxy) is 1. The Bertz CT molecular complexity index is 1660. The van der Waals surface area contributed by atoms with E-state index in [-0.39, 0.29) is 11.3 Å². The van der Waals surface area contributed by atoms with Gasteiger partial charge in [0.25, 0.3) is 5.91 Å². The number of aliphatic hydroxyl groups excluding tert-OH is 1. The summed E-state index contributed by atoms with van der Waals surface area (Å²) in [5, 5.41) is 12.2. The van der Waals surface area contributed by atoms with Gasteiger partial charge in [-0.2, -0.15) is 0 Å². The molecule has 36 heavy (non-hydrogen) atoms. The molecule has 1 N–H and O–H groups in total. The number of aliphatic hydroxyl groups is 1. The van der Waals surface area contributed by atoms with E-state index in [0.717, 1.165) is 21.2 Å². The Balaban J connectivity index is 1.51. The predicted octanol–water partition coefficient (Wildman–Crippen LogP) is 6.14. The number of ketones is 1. The molecule has 0 radical (unpaired) electrons. The molecule has 2 aromatic heterocycles. The van der Waals surface area contributed by atoms with Crippen LogP contribution in [-0.4, -0.2) is 28.9 Å². The van der Waals surface area contributed by atoms with Gasteiger partial charge in [0.2, 0.25) is 5.78 Å². The fraction of sp³-hybridized carbons (Fsp3) is 0.107. The monoisotopic (exact) mass is 496 g/mol. The summed E-state index contributed by atoms with van der Waals surface area (Å²) in [6.45, 7) is 1.98. The molecule has 8 heteroatoms. The number of amides is 1. The van der Waals surface area contributed by atoms with Crippen LogP contribution in [0, 0.1) is 6.92 Å². The van der Waals surface area contributed by atoms with Crippen LogP contribution in [0.5, 0.6) is 5.75 Å². The zero-order valence-electron chi connectivity index (χ0n) is 19.4. The number of thiazole rings is 1. The van der Waals surface area contributed by atoms with Gasteiger partial charge in [0.1, 0.15) is 11.3 Å². The smallest absolute Gasteiger partial charge is 0.296 e. The molecule has 0 fully saturated rings. The maximum Gasteiger partial charge on any atom is 0.296 e. The quantitative estimate of drug-likeness (QED) is 0.294. The molecule has 0 unspecified atom stereocenters. The lowest BCUT2D eigenvalue weighted by Gasteiger charge is -2.24. The molecule has 178 valence electrons. The summed E-state index contributed by atoms with van der Waals surface area (Å²) in [5.74, 6) is -1.19. The number of methoxy groups -OCH3 is 1. The molecule has 0 aliphatic carbocycles. The van der Waals surface area contributed by atoms with Gasteiger partial charge in [0.05, 0.1) is 28.9 Å². The van der Waals surface area contributed by atoms with Crippen molar-refractivity contribution in [3.8, 4) is 5.75 Å². The molecule has 0 spiro atoms. The van der Waals surface area contributed by atoms with Crippen molar-refractivity contribution in [2.45, 2.75) is 13.0 Å². The Morgan fingerprint density at radius 1 is 1.08 bits per heavy atom. The lowest BCUT2D eigenvalue weighted by Crippen LogP contribution is -2.30. The summed E-state index contributed by atoms with van der Waals surface area (Å²) < 4.78 is 12.0. The lowest BCUT2D eigenvalue weighted by atomic mass is 9.95. The van der Waals surface area contributed by atoms with Crippen molar-refractivity contribution < 1.29 is 23.8 Å². The van der Waals surface area contributed by atoms with Gasteiger partial charge in [-0.3, -0.25) is 14.5 Å². The average Bonchev–Trinajstić information content (AvgIpc) is 3.57. The Morgan fingerprint density at radius 3 is 2.61 bits per heavy atom. The van der Waals surface area contributed by atoms with Crippen molar-refractivity contribution in [3.63, 3.8) is 0 Å². The van der Waals surface area contributed by atoms with Crippen LogP contribution in [0.15, 0.2) is 88.5 Å². The highest BCUT2D eigenvalue weighted by atomic mass is 32.1. The molecular weight excluding hydrogens is 476 g/mol. The first-order valence-corrected chi connectivity index (χ1v) is 12.1. The highest BCUT2D eigenvalue weighted by Crippen LogP contribution is 2.44. The van der Waals surface area contributed by atoms with E-state index in [4.69, 9.17) is 9.15 Å². The van der Waals surface area contributed by atoms with Crippen LogP contribution in [0.25, 0.3) is 21.2 Å². The third-order valence-corrected chi connectivity index (χ3v) is 7.29. The first-order valence-electron chi connectivity index (χ1n) is 11.3. The summed E-state index contributed by atoms with van der Waals surface area (Å²) in [6, 6.07) is 20.8. The predicted molar refractivity (Wildman–Crippen MR) is 138 cm³/mol. The second kappa shape index (κ2) is 8.35. The normalized spacial score (nSPS) is 15.9. The SMILES string of the molecule is COc1ccc([C@H]2C(C(=O)c3cc4ccccc4o3)=C(O)C(=O)N2c2nc3ccc(C)cc3s2)cc1. The van der Waals surface area contributed by atoms with E-state index < -0.39 is 23.5 Å². The number of hydrogen-bond acceptors (Lipinski definition) is 7. The van der Waals surface area contributed by atoms with E-state index in [9.17, 15) is 14.7 Å². The lowest BCUT2D eigenvalue weighted by molar-refractivity contribution is -0.117. The molecule has 3 heterocycles. The number of fused-ring (bicyclic) bond motifs is 2.